The quantitative estimate of drug-likeness (QED) is 0.842. The number of likely N-dealkylation sites (N-methyl/N-ethyl adjacent to an activating group) is 2. The number of hydrogen-bond acceptors (Lipinski definition) is 6. The van der Waals surface area contributed by atoms with E-state index in [-0.39, 0.29) is 18.7 Å². The molecular weight excluding hydrogens is 370 g/mol. The number of nitrogens with one attached hydrogen (secondary N) is 1. The number of carbonyl (C=O) groups is 1. The highest BCUT2D eigenvalue weighted by atomic mass is 16.7. The zero-order valence-electron chi connectivity index (χ0n) is 17.0. The predicted molar refractivity (Wildman–Crippen MR) is 108 cm³/mol. The topological polar surface area (TPSA) is 73.9 Å². The van der Waals surface area contributed by atoms with Crippen LogP contribution in [0.3, 0.4) is 0 Å². The van der Waals surface area contributed by atoms with E-state index in [4.69, 9.17) is 9.47 Å². The smallest absolute Gasteiger partial charge is 0.231 e. The summed E-state index contributed by atoms with van der Waals surface area (Å²) in [6.07, 6.45) is 1.37. The molecule has 3 aliphatic heterocycles. The molecule has 0 aliphatic carbocycles. The van der Waals surface area contributed by atoms with E-state index in [1.165, 1.54) is 0 Å². The average molecular weight is 397 g/mol. The third-order valence-corrected chi connectivity index (χ3v) is 6.32. The lowest BCUT2D eigenvalue weighted by Gasteiger charge is -2.38. The van der Waals surface area contributed by atoms with Gasteiger partial charge in [0.05, 0.1) is 5.69 Å². The monoisotopic (exact) mass is 397 g/mol. The minimum absolute atomic E-state index is 0.223. The fourth-order valence-corrected chi connectivity index (χ4v) is 4.44. The summed E-state index contributed by atoms with van der Waals surface area (Å²) in [5.41, 5.74) is 4.11. The van der Waals surface area contributed by atoms with Gasteiger partial charge in [-0.15, -0.1) is 0 Å². The van der Waals surface area contributed by atoms with Crippen LogP contribution < -0.4 is 9.47 Å². The third kappa shape index (κ3) is 3.47. The standard InChI is InChI=1S/C21H27N5O3/c1-24-7-8-25(2)15(11-24)10-20(27)26-6-5-17-16(12-26)21(23-22-17)14-3-4-18-19(9-14)29-13-28-18/h3-4,9,15H,5-8,10-13H2,1-2H3,(H,22,23). The minimum Gasteiger partial charge on any atom is -0.454 e. The number of nitrogens with zero attached hydrogens (tertiary/aromatic N) is 4. The summed E-state index contributed by atoms with van der Waals surface area (Å²) in [7, 11) is 4.24. The highest BCUT2D eigenvalue weighted by Crippen LogP contribution is 2.37. The van der Waals surface area contributed by atoms with E-state index < -0.39 is 0 Å². The van der Waals surface area contributed by atoms with Crippen LogP contribution >= 0.6 is 0 Å². The number of aromatic amines is 1. The summed E-state index contributed by atoms with van der Waals surface area (Å²) < 4.78 is 10.9. The first-order chi connectivity index (χ1) is 14.1. The molecule has 0 spiro atoms. The van der Waals surface area contributed by atoms with Gasteiger partial charge in [-0.3, -0.25) is 9.89 Å². The zero-order valence-corrected chi connectivity index (χ0v) is 17.0. The van der Waals surface area contributed by atoms with Crippen molar-refractivity contribution in [2.75, 3.05) is 47.1 Å². The van der Waals surface area contributed by atoms with Gasteiger partial charge in [0, 0.05) is 68.4 Å². The van der Waals surface area contributed by atoms with Crippen LogP contribution in [0.15, 0.2) is 18.2 Å². The summed E-state index contributed by atoms with van der Waals surface area (Å²) in [6.45, 7) is 4.60. The van der Waals surface area contributed by atoms with E-state index >= 15 is 0 Å². The molecule has 2 aromatic rings. The van der Waals surface area contributed by atoms with Crippen molar-refractivity contribution in [2.45, 2.75) is 25.4 Å². The molecule has 0 bridgehead atoms. The van der Waals surface area contributed by atoms with Gasteiger partial charge < -0.3 is 24.2 Å². The van der Waals surface area contributed by atoms with E-state index in [1.54, 1.807) is 0 Å². The molecule has 1 atom stereocenters. The van der Waals surface area contributed by atoms with Gasteiger partial charge in [0.15, 0.2) is 11.5 Å². The van der Waals surface area contributed by atoms with Crippen LogP contribution in [0.5, 0.6) is 11.5 Å². The van der Waals surface area contributed by atoms with Crippen molar-refractivity contribution in [3.8, 4) is 22.8 Å². The van der Waals surface area contributed by atoms with Crippen molar-refractivity contribution < 1.29 is 14.3 Å². The largest absolute Gasteiger partial charge is 0.454 e. The Morgan fingerprint density at radius 3 is 2.97 bits per heavy atom. The second kappa shape index (κ2) is 7.35. The third-order valence-electron chi connectivity index (χ3n) is 6.32. The summed E-state index contributed by atoms with van der Waals surface area (Å²) >= 11 is 0. The maximum absolute atomic E-state index is 13.1. The molecule has 0 saturated carbocycles. The van der Waals surface area contributed by atoms with Gasteiger partial charge in [-0.1, -0.05) is 0 Å². The fraction of sp³-hybridized carbons (Fsp3) is 0.524. The molecule has 1 unspecified atom stereocenters. The SMILES string of the molecule is CN1CCN(C)C(CC(=O)N2CCc3[nH]nc(-c4ccc5c(c4)OCO5)c3C2)C1. The molecular formula is C21H27N5O3. The second-order valence-corrected chi connectivity index (χ2v) is 8.26. The minimum atomic E-state index is 0.223. The lowest BCUT2D eigenvalue weighted by atomic mass is 10.00. The number of amides is 1. The molecule has 0 radical (unpaired) electrons. The molecule has 1 aromatic carbocycles. The van der Waals surface area contributed by atoms with E-state index in [9.17, 15) is 4.79 Å². The lowest BCUT2D eigenvalue weighted by Crippen LogP contribution is -2.52. The number of piperazine rings is 1. The van der Waals surface area contributed by atoms with Crippen molar-refractivity contribution >= 4 is 5.91 Å². The van der Waals surface area contributed by atoms with Crippen LogP contribution in [-0.2, 0) is 17.8 Å². The molecule has 3 aliphatic rings. The van der Waals surface area contributed by atoms with E-state index in [0.717, 1.165) is 66.6 Å². The zero-order chi connectivity index (χ0) is 20.0. The summed E-state index contributed by atoms with van der Waals surface area (Å²) in [6, 6.07) is 6.16. The Labute approximate surface area is 170 Å². The molecule has 29 heavy (non-hydrogen) atoms. The number of fused-ring (bicyclic) bond motifs is 2. The van der Waals surface area contributed by atoms with Gasteiger partial charge in [0.2, 0.25) is 12.7 Å². The number of benzene rings is 1. The first-order valence-corrected chi connectivity index (χ1v) is 10.2. The Hall–Kier alpha value is -2.58. The molecule has 1 N–H and O–H groups in total. The highest BCUT2D eigenvalue weighted by molar-refractivity contribution is 5.78. The van der Waals surface area contributed by atoms with Gasteiger partial charge >= 0.3 is 0 Å². The molecule has 1 aromatic heterocycles. The Morgan fingerprint density at radius 2 is 2.07 bits per heavy atom. The van der Waals surface area contributed by atoms with Gasteiger partial charge in [0.25, 0.3) is 0 Å². The number of ether oxygens (including phenoxy) is 2. The summed E-state index contributed by atoms with van der Waals surface area (Å²) in [5.74, 6) is 1.73. The number of carbonyl (C=O) groups excluding carboxylic acids is 1. The van der Waals surface area contributed by atoms with Crippen LogP contribution in [0.2, 0.25) is 0 Å². The maximum Gasteiger partial charge on any atom is 0.231 e. The number of hydrogen-bond donors (Lipinski definition) is 1. The number of aromatic nitrogens is 2. The van der Waals surface area contributed by atoms with Gasteiger partial charge in [-0.05, 0) is 32.3 Å². The first kappa shape index (κ1) is 18.4. The normalized spacial score (nSPS) is 22.0. The molecule has 8 nitrogen and oxygen atoms in total. The van der Waals surface area contributed by atoms with Crippen molar-refractivity contribution in [2.24, 2.45) is 0 Å². The van der Waals surface area contributed by atoms with E-state index in [0.29, 0.717) is 13.0 Å². The van der Waals surface area contributed by atoms with Crippen LogP contribution in [0, 0.1) is 0 Å². The fourth-order valence-electron chi connectivity index (χ4n) is 4.44. The molecule has 4 heterocycles. The molecule has 5 rings (SSSR count). The van der Waals surface area contributed by atoms with E-state index in [2.05, 4.69) is 34.1 Å². The van der Waals surface area contributed by atoms with Crippen LogP contribution in [0.25, 0.3) is 11.3 Å². The highest BCUT2D eigenvalue weighted by Gasteiger charge is 2.30. The van der Waals surface area contributed by atoms with Gasteiger partial charge in [-0.25, -0.2) is 0 Å². The summed E-state index contributed by atoms with van der Waals surface area (Å²) in [4.78, 5) is 19.7. The first-order valence-electron chi connectivity index (χ1n) is 10.2. The van der Waals surface area contributed by atoms with E-state index in [1.807, 2.05) is 23.1 Å². The number of rotatable bonds is 3. The second-order valence-electron chi connectivity index (χ2n) is 8.26. The Morgan fingerprint density at radius 1 is 1.21 bits per heavy atom. The Kier molecular flexibility index (Phi) is 4.67. The molecule has 154 valence electrons. The van der Waals surface area contributed by atoms with Crippen LogP contribution in [0.4, 0.5) is 0 Å². The predicted octanol–water partition coefficient (Wildman–Crippen LogP) is 1.33. The van der Waals surface area contributed by atoms with Gasteiger partial charge in [-0.2, -0.15) is 5.10 Å². The summed E-state index contributed by atoms with van der Waals surface area (Å²) in [5, 5.41) is 7.72. The molecule has 8 heteroatoms. The van der Waals surface area contributed by atoms with Crippen molar-refractivity contribution in [3.05, 3.63) is 29.5 Å². The Bertz CT molecular complexity index is 927. The average Bonchev–Trinajstić information content (AvgIpc) is 3.36. The van der Waals surface area contributed by atoms with Crippen molar-refractivity contribution in [3.63, 3.8) is 0 Å². The van der Waals surface area contributed by atoms with Gasteiger partial charge in [0.1, 0.15) is 0 Å². The molecule has 1 fully saturated rings. The Balaban J connectivity index is 1.33. The maximum atomic E-state index is 13.1. The van der Waals surface area contributed by atoms with Crippen LogP contribution in [-0.4, -0.2) is 83.9 Å². The van der Waals surface area contributed by atoms with Crippen LogP contribution in [0.1, 0.15) is 17.7 Å². The molecule has 1 amide bonds. The number of H-pyrrole nitrogens is 1. The van der Waals surface area contributed by atoms with Crippen molar-refractivity contribution in [1.29, 1.82) is 0 Å². The lowest BCUT2D eigenvalue weighted by molar-refractivity contribution is -0.133. The van der Waals surface area contributed by atoms with Crippen molar-refractivity contribution in [1.82, 2.24) is 24.9 Å². The molecule has 1 saturated heterocycles.